The summed E-state index contributed by atoms with van der Waals surface area (Å²) in [6.07, 6.45) is -4.91. The van der Waals surface area contributed by atoms with Crippen molar-refractivity contribution in [3.63, 3.8) is 0 Å². The van der Waals surface area contributed by atoms with Crippen LogP contribution in [0.2, 0.25) is 0 Å². The van der Waals surface area contributed by atoms with Crippen LogP contribution in [-0.4, -0.2) is 18.4 Å². The van der Waals surface area contributed by atoms with Gasteiger partial charge in [-0.05, 0) is 67.1 Å². The van der Waals surface area contributed by atoms with Crippen LogP contribution in [0.15, 0.2) is 66.7 Å². The molecule has 0 aliphatic rings. The zero-order valence-corrected chi connectivity index (χ0v) is 17.5. The summed E-state index contributed by atoms with van der Waals surface area (Å²) in [7, 11) is 0. The third-order valence-corrected chi connectivity index (χ3v) is 4.56. The number of benzene rings is 3. The van der Waals surface area contributed by atoms with E-state index >= 15 is 0 Å². The van der Waals surface area contributed by atoms with E-state index in [-0.39, 0.29) is 17.7 Å². The molecule has 0 saturated heterocycles. The van der Waals surface area contributed by atoms with Gasteiger partial charge in [0.05, 0.1) is 24.3 Å². The molecule has 3 aromatic carbocycles. The van der Waals surface area contributed by atoms with Crippen molar-refractivity contribution in [1.82, 2.24) is 0 Å². The molecular formula is C24H20F4N2O3. The molecule has 0 saturated carbocycles. The van der Waals surface area contributed by atoms with Gasteiger partial charge in [0.1, 0.15) is 11.6 Å². The SMILES string of the molecule is CCOc1ccc(CC(=O)Nc2ccc(NC(=O)c3ccc(F)cc3)cc2C(F)(F)F)cc1. The summed E-state index contributed by atoms with van der Waals surface area (Å²) < 4.78 is 59.1. The van der Waals surface area contributed by atoms with Crippen LogP contribution in [-0.2, 0) is 17.4 Å². The molecule has 172 valence electrons. The Balaban J connectivity index is 1.74. The van der Waals surface area contributed by atoms with Crippen molar-refractivity contribution in [3.8, 4) is 5.75 Å². The van der Waals surface area contributed by atoms with E-state index in [1.54, 1.807) is 24.3 Å². The first kappa shape index (κ1) is 23.8. The molecule has 2 N–H and O–H groups in total. The van der Waals surface area contributed by atoms with Crippen LogP contribution in [0.5, 0.6) is 5.75 Å². The summed E-state index contributed by atoms with van der Waals surface area (Å²) in [5.74, 6) is -1.25. The van der Waals surface area contributed by atoms with Gasteiger partial charge in [0.15, 0.2) is 0 Å². The number of carbonyl (C=O) groups excluding carboxylic acids is 2. The standard InChI is InChI=1S/C24H20F4N2O3/c1-2-33-19-10-3-15(4-11-19)13-22(31)30-21-12-9-18(14-20(21)24(26,27)28)29-23(32)16-5-7-17(25)8-6-16/h3-12,14H,2,13H2,1H3,(H,29,32)(H,30,31). The summed E-state index contributed by atoms with van der Waals surface area (Å²) >= 11 is 0. The van der Waals surface area contributed by atoms with Crippen LogP contribution in [0.3, 0.4) is 0 Å². The van der Waals surface area contributed by atoms with Crippen LogP contribution in [0.4, 0.5) is 28.9 Å². The van der Waals surface area contributed by atoms with Gasteiger partial charge in [-0.15, -0.1) is 0 Å². The normalized spacial score (nSPS) is 11.1. The van der Waals surface area contributed by atoms with Gasteiger partial charge in [0.25, 0.3) is 5.91 Å². The average molecular weight is 460 g/mol. The lowest BCUT2D eigenvalue weighted by molar-refractivity contribution is -0.136. The highest BCUT2D eigenvalue weighted by atomic mass is 19.4. The number of rotatable bonds is 7. The molecule has 0 fully saturated rings. The third kappa shape index (κ3) is 6.55. The number of nitrogens with one attached hydrogen (secondary N) is 2. The maximum absolute atomic E-state index is 13.6. The van der Waals surface area contributed by atoms with E-state index in [0.29, 0.717) is 17.9 Å². The van der Waals surface area contributed by atoms with Gasteiger partial charge in [-0.25, -0.2) is 4.39 Å². The van der Waals surface area contributed by atoms with Crippen molar-refractivity contribution in [2.75, 3.05) is 17.2 Å². The lowest BCUT2D eigenvalue weighted by Gasteiger charge is -2.16. The molecule has 0 aromatic heterocycles. The molecule has 0 aliphatic carbocycles. The zero-order valence-electron chi connectivity index (χ0n) is 17.5. The Kier molecular flexibility index (Phi) is 7.32. The lowest BCUT2D eigenvalue weighted by Crippen LogP contribution is -2.19. The molecule has 0 spiro atoms. The maximum atomic E-state index is 13.6. The van der Waals surface area contributed by atoms with Gasteiger partial charge in [0, 0.05) is 11.3 Å². The van der Waals surface area contributed by atoms with Crippen LogP contribution >= 0.6 is 0 Å². The topological polar surface area (TPSA) is 67.4 Å². The molecule has 3 aromatic rings. The lowest BCUT2D eigenvalue weighted by atomic mass is 10.1. The Bertz CT molecular complexity index is 1130. The van der Waals surface area contributed by atoms with E-state index in [2.05, 4.69) is 10.6 Å². The van der Waals surface area contributed by atoms with Crippen LogP contribution in [0, 0.1) is 5.82 Å². The molecule has 0 bridgehead atoms. The number of anilines is 2. The maximum Gasteiger partial charge on any atom is 0.418 e. The Labute approximate surface area is 187 Å². The van der Waals surface area contributed by atoms with Gasteiger partial charge >= 0.3 is 6.18 Å². The number of hydrogen-bond donors (Lipinski definition) is 2. The quantitative estimate of drug-likeness (QED) is 0.446. The van der Waals surface area contributed by atoms with Gasteiger partial charge in [-0.1, -0.05) is 12.1 Å². The summed E-state index contributed by atoms with van der Waals surface area (Å²) in [5.41, 5.74) is -0.982. The summed E-state index contributed by atoms with van der Waals surface area (Å²) in [4.78, 5) is 24.6. The number of ether oxygens (including phenoxy) is 1. The Morgan fingerprint density at radius 3 is 2.18 bits per heavy atom. The smallest absolute Gasteiger partial charge is 0.418 e. The third-order valence-electron chi connectivity index (χ3n) is 4.56. The Morgan fingerprint density at radius 1 is 0.909 bits per heavy atom. The van der Waals surface area contributed by atoms with Crippen LogP contribution < -0.4 is 15.4 Å². The molecule has 0 unspecified atom stereocenters. The minimum Gasteiger partial charge on any atom is -0.494 e. The van der Waals surface area contributed by atoms with Gasteiger partial charge < -0.3 is 15.4 Å². The molecule has 5 nitrogen and oxygen atoms in total. The number of amides is 2. The predicted octanol–water partition coefficient (Wildman–Crippen LogP) is 5.68. The van der Waals surface area contributed by atoms with Crippen molar-refractivity contribution in [2.24, 2.45) is 0 Å². The van der Waals surface area contributed by atoms with E-state index in [4.69, 9.17) is 4.74 Å². The fourth-order valence-corrected chi connectivity index (χ4v) is 3.02. The minimum atomic E-state index is -4.78. The predicted molar refractivity (Wildman–Crippen MR) is 116 cm³/mol. The second-order valence-corrected chi connectivity index (χ2v) is 7.02. The van der Waals surface area contributed by atoms with Crippen LogP contribution in [0.1, 0.15) is 28.4 Å². The van der Waals surface area contributed by atoms with Gasteiger partial charge in [0.2, 0.25) is 5.91 Å². The monoisotopic (exact) mass is 460 g/mol. The Hall–Kier alpha value is -3.88. The highest BCUT2D eigenvalue weighted by Crippen LogP contribution is 2.36. The molecule has 3 rings (SSSR count). The molecular weight excluding hydrogens is 440 g/mol. The van der Waals surface area contributed by atoms with Crippen LogP contribution in [0.25, 0.3) is 0 Å². The first-order valence-electron chi connectivity index (χ1n) is 9.95. The van der Waals surface area contributed by atoms with Gasteiger partial charge in [-0.2, -0.15) is 13.2 Å². The average Bonchev–Trinajstić information content (AvgIpc) is 2.76. The summed E-state index contributed by atoms with van der Waals surface area (Å²) in [6, 6.07) is 14.3. The van der Waals surface area contributed by atoms with E-state index in [1.165, 1.54) is 18.2 Å². The van der Waals surface area contributed by atoms with Crippen molar-refractivity contribution in [3.05, 3.63) is 89.2 Å². The largest absolute Gasteiger partial charge is 0.494 e. The van der Waals surface area contributed by atoms with Crippen molar-refractivity contribution >= 4 is 23.2 Å². The highest BCUT2D eigenvalue weighted by Gasteiger charge is 2.34. The molecule has 9 heteroatoms. The van der Waals surface area contributed by atoms with Crippen molar-refractivity contribution in [1.29, 1.82) is 0 Å². The zero-order chi connectivity index (χ0) is 24.0. The first-order valence-corrected chi connectivity index (χ1v) is 9.95. The molecule has 0 heterocycles. The minimum absolute atomic E-state index is 0.0812. The number of halogens is 4. The fraction of sp³-hybridized carbons (Fsp3) is 0.167. The Morgan fingerprint density at radius 2 is 1.58 bits per heavy atom. The van der Waals surface area contributed by atoms with E-state index in [0.717, 1.165) is 24.3 Å². The number of alkyl halides is 3. The van der Waals surface area contributed by atoms with Crippen molar-refractivity contribution in [2.45, 2.75) is 19.5 Å². The summed E-state index contributed by atoms with van der Waals surface area (Å²) in [5, 5.41) is 4.62. The number of hydrogen-bond acceptors (Lipinski definition) is 3. The molecule has 2 amide bonds. The second-order valence-electron chi connectivity index (χ2n) is 7.02. The van der Waals surface area contributed by atoms with E-state index in [1.807, 2.05) is 6.92 Å². The highest BCUT2D eigenvalue weighted by molar-refractivity contribution is 6.04. The number of carbonyl (C=O) groups is 2. The van der Waals surface area contributed by atoms with E-state index in [9.17, 15) is 27.2 Å². The van der Waals surface area contributed by atoms with Crippen molar-refractivity contribution < 1.29 is 31.9 Å². The second kappa shape index (κ2) is 10.2. The molecule has 0 radical (unpaired) electrons. The molecule has 33 heavy (non-hydrogen) atoms. The van der Waals surface area contributed by atoms with Gasteiger partial charge in [-0.3, -0.25) is 9.59 Å². The summed E-state index contributed by atoms with van der Waals surface area (Å²) in [6.45, 7) is 2.32. The van der Waals surface area contributed by atoms with E-state index < -0.39 is 35.1 Å². The molecule has 0 atom stereocenters. The molecule has 0 aliphatic heterocycles. The first-order chi connectivity index (χ1) is 15.7. The fourth-order valence-electron chi connectivity index (χ4n) is 3.02.